The van der Waals surface area contributed by atoms with Crippen LogP contribution in [0.5, 0.6) is 5.75 Å². The van der Waals surface area contributed by atoms with Gasteiger partial charge in [-0.1, -0.05) is 30.3 Å². The zero-order chi connectivity index (χ0) is 14.7. The van der Waals surface area contributed by atoms with E-state index in [0.717, 1.165) is 17.0 Å². The lowest BCUT2D eigenvalue weighted by molar-refractivity contribution is 0.415. The molecular formula is C19H17NO. The summed E-state index contributed by atoms with van der Waals surface area (Å²) in [6.07, 6.45) is 1.93. The molecule has 0 amide bonds. The fourth-order valence-corrected chi connectivity index (χ4v) is 2.37. The smallest absolute Gasteiger partial charge is 0.118 e. The van der Waals surface area contributed by atoms with Gasteiger partial charge in [-0.05, 0) is 53.9 Å². The first kappa shape index (κ1) is 13.4. The van der Waals surface area contributed by atoms with Gasteiger partial charge in [0.1, 0.15) is 5.75 Å². The van der Waals surface area contributed by atoms with Crippen molar-refractivity contribution in [3.8, 4) is 28.1 Å². The summed E-state index contributed by atoms with van der Waals surface area (Å²) in [6, 6.07) is 20.5. The fraction of sp³-hybridized carbons (Fsp3) is 0.105. The van der Waals surface area contributed by atoms with Crippen molar-refractivity contribution >= 4 is 0 Å². The second-order valence-corrected chi connectivity index (χ2v) is 4.98. The van der Waals surface area contributed by atoms with Gasteiger partial charge in [-0.25, -0.2) is 0 Å². The van der Waals surface area contributed by atoms with E-state index in [1.807, 2.05) is 36.5 Å². The minimum absolute atomic E-state index is 0.856. The van der Waals surface area contributed by atoms with E-state index in [1.54, 1.807) is 7.11 Å². The summed E-state index contributed by atoms with van der Waals surface area (Å²) in [4.78, 5) is 4.55. The van der Waals surface area contributed by atoms with Crippen LogP contribution in [0, 0.1) is 6.92 Å². The number of rotatable bonds is 3. The maximum absolute atomic E-state index is 5.20. The number of benzene rings is 2. The largest absolute Gasteiger partial charge is 0.497 e. The molecule has 0 radical (unpaired) electrons. The third kappa shape index (κ3) is 2.79. The lowest BCUT2D eigenvalue weighted by atomic mass is 10.00. The number of hydrogen-bond donors (Lipinski definition) is 0. The molecule has 3 rings (SSSR count). The number of pyridine rings is 1. The van der Waals surface area contributed by atoms with E-state index in [-0.39, 0.29) is 0 Å². The summed E-state index contributed by atoms with van der Waals surface area (Å²) in [6.45, 7) is 2.09. The first-order valence-corrected chi connectivity index (χ1v) is 6.94. The van der Waals surface area contributed by atoms with E-state index in [2.05, 4.69) is 42.2 Å². The van der Waals surface area contributed by atoms with E-state index < -0.39 is 0 Å². The summed E-state index contributed by atoms with van der Waals surface area (Å²) < 4.78 is 5.20. The topological polar surface area (TPSA) is 22.1 Å². The lowest BCUT2D eigenvalue weighted by Gasteiger charge is -2.09. The summed E-state index contributed by atoms with van der Waals surface area (Å²) in [5.74, 6) is 0.856. The number of ether oxygens (including phenoxy) is 1. The van der Waals surface area contributed by atoms with Crippen LogP contribution in [0.2, 0.25) is 0 Å². The molecule has 0 atom stereocenters. The van der Waals surface area contributed by atoms with E-state index in [1.165, 1.54) is 16.7 Å². The molecule has 2 aromatic carbocycles. The molecule has 0 unspecified atom stereocenters. The Morgan fingerprint density at radius 1 is 0.857 bits per heavy atom. The van der Waals surface area contributed by atoms with Crippen molar-refractivity contribution in [1.29, 1.82) is 0 Å². The average molecular weight is 275 g/mol. The number of methoxy groups -OCH3 is 1. The molecule has 3 aromatic rings. The molecule has 0 bridgehead atoms. The monoisotopic (exact) mass is 275 g/mol. The maximum atomic E-state index is 5.20. The van der Waals surface area contributed by atoms with Gasteiger partial charge in [0.25, 0.3) is 0 Å². The molecule has 0 saturated carbocycles. The lowest BCUT2D eigenvalue weighted by Crippen LogP contribution is -1.90. The molecule has 0 fully saturated rings. The molecule has 0 saturated heterocycles. The van der Waals surface area contributed by atoms with Crippen molar-refractivity contribution in [3.05, 3.63) is 72.4 Å². The molecule has 1 heterocycles. The third-order valence-electron chi connectivity index (χ3n) is 3.57. The van der Waals surface area contributed by atoms with Crippen LogP contribution in [0.4, 0.5) is 0 Å². The van der Waals surface area contributed by atoms with Gasteiger partial charge in [-0.3, -0.25) is 4.98 Å². The second kappa shape index (κ2) is 5.80. The van der Waals surface area contributed by atoms with E-state index in [0.29, 0.717) is 0 Å². The van der Waals surface area contributed by atoms with Crippen LogP contribution in [0.1, 0.15) is 5.56 Å². The normalized spacial score (nSPS) is 10.4. The molecule has 2 nitrogen and oxygen atoms in total. The van der Waals surface area contributed by atoms with Crippen molar-refractivity contribution < 1.29 is 4.74 Å². The average Bonchev–Trinajstić information content (AvgIpc) is 2.56. The van der Waals surface area contributed by atoms with Crippen molar-refractivity contribution in [2.45, 2.75) is 6.92 Å². The molecule has 0 N–H and O–H groups in total. The van der Waals surface area contributed by atoms with Gasteiger partial charge < -0.3 is 4.74 Å². The van der Waals surface area contributed by atoms with Gasteiger partial charge in [0.15, 0.2) is 0 Å². The summed E-state index contributed by atoms with van der Waals surface area (Å²) in [5.41, 5.74) is 5.68. The van der Waals surface area contributed by atoms with Crippen LogP contribution in [0.25, 0.3) is 22.4 Å². The van der Waals surface area contributed by atoms with E-state index >= 15 is 0 Å². The van der Waals surface area contributed by atoms with Gasteiger partial charge in [0.05, 0.1) is 12.8 Å². The molecule has 1 aromatic heterocycles. The zero-order valence-electron chi connectivity index (χ0n) is 12.2. The number of aryl methyl sites for hydroxylation is 1. The highest BCUT2D eigenvalue weighted by atomic mass is 16.5. The SMILES string of the molecule is COc1ccc(-c2cc(-c3ccccc3)c(C)cn2)cc1. The van der Waals surface area contributed by atoms with Crippen LogP contribution in [0.3, 0.4) is 0 Å². The predicted octanol–water partition coefficient (Wildman–Crippen LogP) is 4.73. The molecule has 0 aliphatic rings. The van der Waals surface area contributed by atoms with Crippen molar-refractivity contribution in [1.82, 2.24) is 4.98 Å². The minimum Gasteiger partial charge on any atom is -0.497 e. The van der Waals surface area contributed by atoms with Crippen LogP contribution >= 0.6 is 0 Å². The molecule has 0 aliphatic carbocycles. The molecule has 2 heteroatoms. The summed E-state index contributed by atoms with van der Waals surface area (Å²) in [7, 11) is 1.67. The maximum Gasteiger partial charge on any atom is 0.118 e. The van der Waals surface area contributed by atoms with Gasteiger partial charge in [-0.15, -0.1) is 0 Å². The summed E-state index contributed by atoms with van der Waals surface area (Å²) in [5, 5.41) is 0. The van der Waals surface area contributed by atoms with Crippen molar-refractivity contribution in [3.63, 3.8) is 0 Å². The molecule has 21 heavy (non-hydrogen) atoms. The Morgan fingerprint density at radius 3 is 2.24 bits per heavy atom. The van der Waals surface area contributed by atoms with Crippen LogP contribution in [-0.4, -0.2) is 12.1 Å². The standard InChI is InChI=1S/C19H17NO/c1-14-13-20-19(16-8-10-17(21-2)11-9-16)12-18(14)15-6-4-3-5-7-15/h3-13H,1-2H3. The zero-order valence-corrected chi connectivity index (χ0v) is 12.2. The highest BCUT2D eigenvalue weighted by molar-refractivity contribution is 5.73. The van der Waals surface area contributed by atoms with Crippen molar-refractivity contribution in [2.24, 2.45) is 0 Å². The van der Waals surface area contributed by atoms with Crippen LogP contribution in [-0.2, 0) is 0 Å². The third-order valence-corrected chi connectivity index (χ3v) is 3.57. The first-order chi connectivity index (χ1) is 10.3. The highest BCUT2D eigenvalue weighted by Crippen LogP contribution is 2.28. The molecular weight excluding hydrogens is 258 g/mol. The van der Waals surface area contributed by atoms with Gasteiger partial charge in [0.2, 0.25) is 0 Å². The Hall–Kier alpha value is -2.61. The number of nitrogens with zero attached hydrogens (tertiary/aromatic N) is 1. The minimum atomic E-state index is 0.856. The molecule has 0 spiro atoms. The molecule has 0 aliphatic heterocycles. The van der Waals surface area contributed by atoms with Crippen molar-refractivity contribution in [2.75, 3.05) is 7.11 Å². The second-order valence-electron chi connectivity index (χ2n) is 4.98. The highest BCUT2D eigenvalue weighted by Gasteiger charge is 2.06. The first-order valence-electron chi connectivity index (χ1n) is 6.94. The summed E-state index contributed by atoms with van der Waals surface area (Å²) >= 11 is 0. The Morgan fingerprint density at radius 2 is 1.57 bits per heavy atom. The van der Waals surface area contributed by atoms with Gasteiger partial charge in [-0.2, -0.15) is 0 Å². The van der Waals surface area contributed by atoms with Gasteiger partial charge in [0, 0.05) is 11.8 Å². The molecule has 104 valence electrons. The van der Waals surface area contributed by atoms with Crippen LogP contribution < -0.4 is 4.74 Å². The Labute approximate surface area is 125 Å². The number of aromatic nitrogens is 1. The van der Waals surface area contributed by atoms with Crippen LogP contribution in [0.15, 0.2) is 66.9 Å². The number of hydrogen-bond acceptors (Lipinski definition) is 2. The van der Waals surface area contributed by atoms with E-state index in [4.69, 9.17) is 4.74 Å². The Balaban J connectivity index is 2.04. The van der Waals surface area contributed by atoms with Gasteiger partial charge >= 0.3 is 0 Å². The van der Waals surface area contributed by atoms with E-state index in [9.17, 15) is 0 Å². The quantitative estimate of drug-likeness (QED) is 0.689. The fourth-order valence-electron chi connectivity index (χ4n) is 2.37. The Bertz CT molecular complexity index is 733. The Kier molecular flexibility index (Phi) is 3.69. The predicted molar refractivity (Wildman–Crippen MR) is 86.4 cm³/mol.